The van der Waals surface area contributed by atoms with E-state index in [0.29, 0.717) is 0 Å². The molecule has 0 radical (unpaired) electrons. The standard InChI is InChI=1S/C15H18OS/c1-5-6-10-15(12(2)3)13-8-7-9-14(11-13)17(4)16/h5-11H,1H2,2-4H3/b10-6-. The lowest BCUT2D eigenvalue weighted by atomic mass is 10.0. The average Bonchev–Trinajstić information content (AvgIpc) is 2.29. The van der Waals surface area contributed by atoms with Gasteiger partial charge in [0.2, 0.25) is 0 Å². The minimum atomic E-state index is -0.942. The smallest absolute Gasteiger partial charge is 0.0498 e. The van der Waals surface area contributed by atoms with E-state index in [1.165, 1.54) is 5.57 Å². The molecule has 90 valence electrons. The first-order valence-corrected chi connectivity index (χ1v) is 7.02. The van der Waals surface area contributed by atoms with E-state index in [-0.39, 0.29) is 0 Å². The molecule has 0 N–H and O–H groups in total. The Morgan fingerprint density at radius 1 is 1.35 bits per heavy atom. The molecule has 1 unspecified atom stereocenters. The highest BCUT2D eigenvalue weighted by Gasteiger charge is 2.03. The van der Waals surface area contributed by atoms with Crippen LogP contribution < -0.4 is 0 Å². The zero-order chi connectivity index (χ0) is 12.8. The molecule has 0 saturated heterocycles. The summed E-state index contributed by atoms with van der Waals surface area (Å²) in [5.41, 5.74) is 3.47. The van der Waals surface area contributed by atoms with Crippen LogP contribution in [0, 0.1) is 0 Å². The van der Waals surface area contributed by atoms with E-state index in [9.17, 15) is 4.21 Å². The van der Waals surface area contributed by atoms with E-state index >= 15 is 0 Å². The predicted molar refractivity (Wildman–Crippen MR) is 76.4 cm³/mol. The summed E-state index contributed by atoms with van der Waals surface area (Å²) in [5.74, 6) is 0. The summed E-state index contributed by atoms with van der Waals surface area (Å²) in [4.78, 5) is 0.855. The second kappa shape index (κ2) is 6.36. The number of benzene rings is 1. The van der Waals surface area contributed by atoms with Crippen molar-refractivity contribution in [3.63, 3.8) is 0 Å². The van der Waals surface area contributed by atoms with Crippen LogP contribution in [0.5, 0.6) is 0 Å². The van der Waals surface area contributed by atoms with Gasteiger partial charge in [-0.15, -0.1) is 0 Å². The van der Waals surface area contributed by atoms with Gasteiger partial charge >= 0.3 is 0 Å². The Hall–Kier alpha value is -1.41. The lowest BCUT2D eigenvalue weighted by Crippen LogP contribution is -1.90. The summed E-state index contributed by atoms with van der Waals surface area (Å²) >= 11 is 0. The molecule has 0 aliphatic rings. The first-order valence-electron chi connectivity index (χ1n) is 5.46. The zero-order valence-electron chi connectivity index (χ0n) is 10.6. The highest BCUT2D eigenvalue weighted by Crippen LogP contribution is 2.22. The quantitative estimate of drug-likeness (QED) is 0.735. The lowest BCUT2D eigenvalue weighted by molar-refractivity contribution is 0.687. The maximum atomic E-state index is 11.5. The molecule has 0 bridgehead atoms. The second-order valence-corrected chi connectivity index (χ2v) is 5.37. The molecule has 0 fully saturated rings. The monoisotopic (exact) mass is 246 g/mol. The fourth-order valence-corrected chi connectivity index (χ4v) is 2.12. The molecule has 1 atom stereocenters. The van der Waals surface area contributed by atoms with Crippen LogP contribution in [0.3, 0.4) is 0 Å². The predicted octanol–water partition coefficient (Wildman–Crippen LogP) is 3.96. The molecule has 0 saturated carbocycles. The van der Waals surface area contributed by atoms with Crippen LogP contribution in [0.25, 0.3) is 5.57 Å². The Morgan fingerprint density at radius 3 is 2.59 bits per heavy atom. The van der Waals surface area contributed by atoms with Crippen LogP contribution >= 0.6 is 0 Å². The molecule has 17 heavy (non-hydrogen) atoms. The topological polar surface area (TPSA) is 17.1 Å². The van der Waals surface area contributed by atoms with Crippen LogP contribution in [0.1, 0.15) is 19.4 Å². The Kier molecular flexibility index (Phi) is 5.11. The van der Waals surface area contributed by atoms with Crippen molar-refractivity contribution in [1.29, 1.82) is 0 Å². The van der Waals surface area contributed by atoms with Crippen molar-refractivity contribution in [2.75, 3.05) is 6.26 Å². The third-order valence-electron chi connectivity index (χ3n) is 2.41. The van der Waals surface area contributed by atoms with Crippen LogP contribution in [-0.4, -0.2) is 10.5 Å². The Bertz CT molecular complexity index is 491. The van der Waals surface area contributed by atoms with Gasteiger partial charge in [-0.25, -0.2) is 0 Å². The molecule has 0 aliphatic carbocycles. The molecule has 0 heterocycles. The van der Waals surface area contributed by atoms with Crippen molar-refractivity contribution in [1.82, 2.24) is 0 Å². The molecule has 1 rings (SSSR count). The van der Waals surface area contributed by atoms with Crippen molar-refractivity contribution in [3.05, 3.63) is 60.2 Å². The Balaban J connectivity index is 3.25. The number of hydrogen-bond donors (Lipinski definition) is 0. The molecule has 0 amide bonds. The second-order valence-electron chi connectivity index (χ2n) is 3.99. The van der Waals surface area contributed by atoms with E-state index in [1.54, 1.807) is 12.3 Å². The number of rotatable bonds is 4. The fraction of sp³-hybridized carbons (Fsp3) is 0.200. The van der Waals surface area contributed by atoms with Gasteiger partial charge in [-0.05, 0) is 37.1 Å². The first-order chi connectivity index (χ1) is 8.06. The minimum absolute atomic E-state index is 0.855. The Labute approximate surface area is 106 Å². The largest absolute Gasteiger partial charge is 0.255 e. The van der Waals surface area contributed by atoms with E-state index in [1.807, 2.05) is 36.4 Å². The maximum Gasteiger partial charge on any atom is 0.0498 e. The number of hydrogen-bond acceptors (Lipinski definition) is 1. The summed E-state index contributed by atoms with van der Waals surface area (Å²) in [6, 6.07) is 7.84. The average molecular weight is 246 g/mol. The third kappa shape index (κ3) is 3.82. The van der Waals surface area contributed by atoms with Crippen molar-refractivity contribution < 1.29 is 4.21 Å². The summed E-state index contributed by atoms with van der Waals surface area (Å²) in [7, 11) is -0.942. The van der Waals surface area contributed by atoms with Gasteiger partial charge in [0.25, 0.3) is 0 Å². The van der Waals surface area contributed by atoms with E-state index in [2.05, 4.69) is 20.4 Å². The van der Waals surface area contributed by atoms with Gasteiger partial charge < -0.3 is 0 Å². The van der Waals surface area contributed by atoms with Crippen molar-refractivity contribution >= 4 is 16.4 Å². The SMILES string of the molecule is C=C/C=C\C(=C(C)C)c1cccc(S(C)=O)c1. The van der Waals surface area contributed by atoms with Crippen molar-refractivity contribution in [2.45, 2.75) is 18.7 Å². The molecule has 0 aromatic heterocycles. The lowest BCUT2D eigenvalue weighted by Gasteiger charge is -2.07. The third-order valence-corrected chi connectivity index (χ3v) is 3.33. The molecule has 1 aromatic rings. The summed E-state index contributed by atoms with van der Waals surface area (Å²) in [6.07, 6.45) is 7.39. The molecular weight excluding hydrogens is 228 g/mol. The van der Waals surface area contributed by atoms with Crippen LogP contribution in [0.15, 0.2) is 59.5 Å². The first kappa shape index (κ1) is 13.7. The Morgan fingerprint density at radius 2 is 2.06 bits per heavy atom. The molecule has 1 aromatic carbocycles. The fourth-order valence-electron chi connectivity index (χ4n) is 1.56. The minimum Gasteiger partial charge on any atom is -0.255 e. The zero-order valence-corrected chi connectivity index (χ0v) is 11.4. The van der Waals surface area contributed by atoms with E-state index in [0.717, 1.165) is 16.0 Å². The van der Waals surface area contributed by atoms with Crippen LogP contribution in [-0.2, 0) is 10.8 Å². The molecular formula is C15H18OS. The molecule has 0 spiro atoms. The highest BCUT2D eigenvalue weighted by atomic mass is 32.2. The van der Waals surface area contributed by atoms with Crippen molar-refractivity contribution in [2.24, 2.45) is 0 Å². The van der Waals surface area contributed by atoms with Gasteiger partial charge in [0.15, 0.2) is 0 Å². The molecule has 0 aliphatic heterocycles. The molecule has 2 heteroatoms. The van der Waals surface area contributed by atoms with Crippen molar-refractivity contribution in [3.8, 4) is 0 Å². The molecule has 1 nitrogen and oxygen atoms in total. The van der Waals surface area contributed by atoms with E-state index in [4.69, 9.17) is 0 Å². The van der Waals surface area contributed by atoms with Gasteiger partial charge in [-0.2, -0.15) is 0 Å². The van der Waals surface area contributed by atoms with Gasteiger partial charge in [0, 0.05) is 22.0 Å². The summed E-state index contributed by atoms with van der Waals surface area (Å²) in [5, 5.41) is 0. The summed E-state index contributed by atoms with van der Waals surface area (Å²) in [6.45, 7) is 7.81. The van der Waals surface area contributed by atoms with Crippen LogP contribution in [0.2, 0.25) is 0 Å². The summed E-state index contributed by atoms with van der Waals surface area (Å²) < 4.78 is 11.5. The van der Waals surface area contributed by atoms with Gasteiger partial charge in [-0.1, -0.05) is 42.5 Å². The number of allylic oxidation sites excluding steroid dienone is 5. The van der Waals surface area contributed by atoms with Crippen LogP contribution in [0.4, 0.5) is 0 Å². The van der Waals surface area contributed by atoms with Gasteiger partial charge in [-0.3, -0.25) is 4.21 Å². The normalized spacial score (nSPS) is 12.4. The maximum absolute atomic E-state index is 11.5. The van der Waals surface area contributed by atoms with E-state index < -0.39 is 10.8 Å². The van der Waals surface area contributed by atoms with Gasteiger partial charge in [0.05, 0.1) is 0 Å². The highest BCUT2D eigenvalue weighted by molar-refractivity contribution is 7.84. The van der Waals surface area contributed by atoms with Gasteiger partial charge in [0.1, 0.15) is 0 Å².